The zero-order valence-corrected chi connectivity index (χ0v) is 16.9. The van der Waals surface area contributed by atoms with Crippen LogP contribution in [0.3, 0.4) is 0 Å². The van der Waals surface area contributed by atoms with Gasteiger partial charge in [0.15, 0.2) is 0 Å². The summed E-state index contributed by atoms with van der Waals surface area (Å²) in [5.41, 5.74) is 0. The molecule has 1 heterocycles. The highest BCUT2D eigenvalue weighted by Crippen LogP contribution is 2.20. The molecule has 1 aliphatic heterocycles. The first-order chi connectivity index (χ1) is 13.1. The molecule has 1 saturated heterocycles. The Morgan fingerprint density at radius 3 is 2.07 bits per heavy atom. The van der Waals surface area contributed by atoms with E-state index < -0.39 is 10.0 Å². The highest BCUT2D eigenvalue weighted by atomic mass is 32.2. The maximum atomic E-state index is 12.6. The van der Waals surface area contributed by atoms with E-state index in [9.17, 15) is 8.42 Å². The third kappa shape index (κ3) is 7.02. The molecule has 154 valence electrons. The van der Waals surface area contributed by atoms with E-state index in [0.29, 0.717) is 51.9 Å². The Hall–Kier alpha value is -1.23. The number of methoxy groups -OCH3 is 2. The number of ether oxygens (including phenoxy) is 4. The van der Waals surface area contributed by atoms with Crippen LogP contribution < -0.4 is 4.74 Å². The van der Waals surface area contributed by atoms with Crippen molar-refractivity contribution in [3.8, 4) is 5.75 Å². The molecule has 1 aromatic carbocycles. The fourth-order valence-corrected chi connectivity index (χ4v) is 4.12. The molecule has 0 N–H and O–H groups in total. The number of morpholine rings is 1. The Labute approximate surface area is 162 Å². The summed E-state index contributed by atoms with van der Waals surface area (Å²) >= 11 is 0. The first kappa shape index (κ1) is 22.1. The molecule has 2 rings (SSSR count). The van der Waals surface area contributed by atoms with E-state index in [0.717, 1.165) is 19.6 Å². The van der Waals surface area contributed by atoms with Crippen LogP contribution >= 0.6 is 0 Å². The van der Waals surface area contributed by atoms with Crippen molar-refractivity contribution in [3.05, 3.63) is 24.3 Å². The summed E-state index contributed by atoms with van der Waals surface area (Å²) in [6, 6.07) is 6.57. The van der Waals surface area contributed by atoms with Crippen molar-refractivity contribution in [2.75, 3.05) is 80.0 Å². The van der Waals surface area contributed by atoms with Gasteiger partial charge in [0, 0.05) is 46.9 Å². The minimum absolute atomic E-state index is 0.276. The molecule has 0 aliphatic carbocycles. The molecule has 0 unspecified atom stereocenters. The van der Waals surface area contributed by atoms with Gasteiger partial charge in [-0.05, 0) is 24.3 Å². The second-order valence-corrected chi connectivity index (χ2v) is 8.10. The van der Waals surface area contributed by atoms with Crippen molar-refractivity contribution in [2.24, 2.45) is 0 Å². The van der Waals surface area contributed by atoms with Gasteiger partial charge in [-0.25, -0.2) is 8.42 Å². The fraction of sp³-hybridized carbons (Fsp3) is 0.667. The average molecular weight is 403 g/mol. The minimum Gasteiger partial charge on any atom is -0.492 e. The van der Waals surface area contributed by atoms with Crippen LogP contribution in [0.1, 0.15) is 0 Å². The fourth-order valence-electron chi connectivity index (χ4n) is 2.71. The van der Waals surface area contributed by atoms with Gasteiger partial charge in [-0.2, -0.15) is 4.31 Å². The van der Waals surface area contributed by atoms with Crippen molar-refractivity contribution in [1.82, 2.24) is 9.21 Å². The lowest BCUT2D eigenvalue weighted by molar-refractivity contribution is 0.0730. The van der Waals surface area contributed by atoms with Gasteiger partial charge in [0.2, 0.25) is 10.0 Å². The van der Waals surface area contributed by atoms with E-state index in [1.807, 2.05) is 0 Å². The van der Waals surface area contributed by atoms with Gasteiger partial charge in [-0.1, -0.05) is 0 Å². The molecule has 1 aromatic rings. The van der Waals surface area contributed by atoms with Crippen molar-refractivity contribution in [2.45, 2.75) is 4.90 Å². The zero-order chi connectivity index (χ0) is 19.5. The average Bonchev–Trinajstić information content (AvgIpc) is 2.70. The third-order valence-corrected chi connectivity index (χ3v) is 6.24. The van der Waals surface area contributed by atoms with Crippen LogP contribution in [0, 0.1) is 0 Å². The maximum Gasteiger partial charge on any atom is 0.243 e. The molecule has 0 aromatic heterocycles. The SMILES string of the molecule is COCCN(CCOC)CCOc1ccc(S(=O)(=O)N2CCOCC2)cc1. The van der Waals surface area contributed by atoms with E-state index >= 15 is 0 Å². The van der Waals surface area contributed by atoms with E-state index in [-0.39, 0.29) is 4.90 Å². The minimum atomic E-state index is -3.47. The van der Waals surface area contributed by atoms with Crippen molar-refractivity contribution in [1.29, 1.82) is 0 Å². The van der Waals surface area contributed by atoms with Gasteiger partial charge in [-0.15, -0.1) is 0 Å². The molecule has 0 radical (unpaired) electrons. The van der Waals surface area contributed by atoms with Gasteiger partial charge in [0.05, 0.1) is 31.3 Å². The Morgan fingerprint density at radius 2 is 1.52 bits per heavy atom. The van der Waals surface area contributed by atoms with Crippen LogP contribution in [0.25, 0.3) is 0 Å². The Morgan fingerprint density at radius 1 is 0.963 bits per heavy atom. The first-order valence-corrected chi connectivity index (χ1v) is 10.5. The number of hydrogen-bond donors (Lipinski definition) is 0. The normalized spacial score (nSPS) is 16.0. The second-order valence-electron chi connectivity index (χ2n) is 6.16. The maximum absolute atomic E-state index is 12.6. The zero-order valence-electron chi connectivity index (χ0n) is 16.1. The van der Waals surface area contributed by atoms with Crippen LogP contribution in [0.5, 0.6) is 5.75 Å². The van der Waals surface area contributed by atoms with Crippen LogP contribution in [0.15, 0.2) is 29.2 Å². The van der Waals surface area contributed by atoms with Crippen LogP contribution in [-0.4, -0.2) is 97.6 Å². The summed E-state index contributed by atoms with van der Waals surface area (Å²) in [6.45, 7) is 5.80. The molecule has 0 atom stereocenters. The molecule has 0 bridgehead atoms. The first-order valence-electron chi connectivity index (χ1n) is 9.09. The molecular weight excluding hydrogens is 372 g/mol. The lowest BCUT2D eigenvalue weighted by Gasteiger charge is -2.26. The lowest BCUT2D eigenvalue weighted by Crippen LogP contribution is -2.40. The summed E-state index contributed by atoms with van der Waals surface area (Å²) in [5, 5.41) is 0. The van der Waals surface area contributed by atoms with Crippen molar-refractivity contribution >= 4 is 10.0 Å². The number of hydrogen-bond acceptors (Lipinski definition) is 7. The molecule has 9 heteroatoms. The molecule has 1 aliphatic rings. The molecule has 27 heavy (non-hydrogen) atoms. The number of rotatable bonds is 12. The molecular formula is C18H30N2O6S. The summed E-state index contributed by atoms with van der Waals surface area (Å²) in [6.07, 6.45) is 0. The van der Waals surface area contributed by atoms with Gasteiger partial charge in [0.25, 0.3) is 0 Å². The molecule has 0 saturated carbocycles. The van der Waals surface area contributed by atoms with Gasteiger partial charge in [-0.3, -0.25) is 4.90 Å². The van der Waals surface area contributed by atoms with Crippen molar-refractivity contribution < 1.29 is 27.4 Å². The Bertz CT molecular complexity index is 624. The summed E-state index contributed by atoms with van der Waals surface area (Å²) in [7, 11) is -0.115. The van der Waals surface area contributed by atoms with Gasteiger partial charge < -0.3 is 18.9 Å². The van der Waals surface area contributed by atoms with Gasteiger partial charge >= 0.3 is 0 Å². The highest BCUT2D eigenvalue weighted by Gasteiger charge is 2.26. The highest BCUT2D eigenvalue weighted by molar-refractivity contribution is 7.89. The summed E-state index contributed by atoms with van der Waals surface area (Å²) < 4.78 is 47.9. The molecule has 0 amide bonds. The number of benzene rings is 1. The predicted molar refractivity (Wildman–Crippen MR) is 102 cm³/mol. The van der Waals surface area contributed by atoms with Crippen LogP contribution in [0.4, 0.5) is 0 Å². The van der Waals surface area contributed by atoms with E-state index in [4.69, 9.17) is 18.9 Å². The number of nitrogens with zero attached hydrogens (tertiary/aromatic N) is 2. The van der Waals surface area contributed by atoms with E-state index in [1.54, 1.807) is 38.5 Å². The topological polar surface area (TPSA) is 77.5 Å². The van der Waals surface area contributed by atoms with E-state index in [1.165, 1.54) is 4.31 Å². The quantitative estimate of drug-likeness (QED) is 0.509. The summed E-state index contributed by atoms with van der Waals surface area (Å²) in [5.74, 6) is 0.648. The second kappa shape index (κ2) is 11.6. The molecule has 8 nitrogen and oxygen atoms in total. The smallest absolute Gasteiger partial charge is 0.243 e. The van der Waals surface area contributed by atoms with E-state index in [2.05, 4.69) is 4.90 Å². The Balaban J connectivity index is 1.85. The predicted octanol–water partition coefficient (Wildman–Crippen LogP) is 0.681. The lowest BCUT2D eigenvalue weighted by atomic mass is 10.3. The summed E-state index contributed by atoms with van der Waals surface area (Å²) in [4.78, 5) is 2.48. The Kier molecular flexibility index (Phi) is 9.46. The molecule has 0 spiro atoms. The third-order valence-electron chi connectivity index (χ3n) is 4.33. The standard InChI is InChI=1S/C18H30N2O6S/c1-23-12-7-19(8-13-24-2)9-16-26-17-3-5-18(6-4-17)27(21,22)20-10-14-25-15-11-20/h3-6H,7-16H2,1-2H3. The van der Waals surface area contributed by atoms with Crippen LogP contribution in [-0.2, 0) is 24.2 Å². The van der Waals surface area contributed by atoms with Crippen molar-refractivity contribution in [3.63, 3.8) is 0 Å². The monoisotopic (exact) mass is 402 g/mol. The molecule has 1 fully saturated rings. The largest absolute Gasteiger partial charge is 0.492 e. The van der Waals surface area contributed by atoms with Gasteiger partial charge in [0.1, 0.15) is 12.4 Å². The number of sulfonamides is 1. The van der Waals surface area contributed by atoms with Crippen LogP contribution in [0.2, 0.25) is 0 Å².